The zero-order chi connectivity index (χ0) is 23.0. The van der Waals surface area contributed by atoms with Crippen molar-refractivity contribution in [1.82, 2.24) is 15.0 Å². The molecule has 33 heavy (non-hydrogen) atoms. The number of ether oxygens (including phenoxy) is 1. The molecule has 180 valence electrons. The van der Waals surface area contributed by atoms with Crippen molar-refractivity contribution in [2.75, 3.05) is 29.6 Å². The van der Waals surface area contributed by atoms with Crippen LogP contribution in [-0.4, -0.2) is 40.7 Å². The van der Waals surface area contributed by atoms with Crippen LogP contribution in [0.2, 0.25) is 5.02 Å². The molecule has 0 amide bonds. The van der Waals surface area contributed by atoms with E-state index < -0.39 is 0 Å². The highest BCUT2D eigenvalue weighted by atomic mass is 35.5. The molecule has 2 aliphatic carbocycles. The lowest BCUT2D eigenvalue weighted by molar-refractivity contribution is 0.410. The van der Waals surface area contributed by atoms with Gasteiger partial charge >= 0.3 is 0 Å². The number of nitrogens with two attached hydrogens (primary N) is 1. The van der Waals surface area contributed by atoms with Crippen LogP contribution in [0.3, 0.4) is 0 Å². The summed E-state index contributed by atoms with van der Waals surface area (Å²) in [6, 6.07) is 6.14. The molecule has 2 fully saturated rings. The Hall–Kier alpha value is -2.32. The molecule has 0 bridgehead atoms. The van der Waals surface area contributed by atoms with Crippen molar-refractivity contribution in [3.05, 3.63) is 23.2 Å². The number of hydrogen-bond acceptors (Lipinski definition) is 8. The Morgan fingerprint density at radius 3 is 2.33 bits per heavy atom. The van der Waals surface area contributed by atoms with E-state index in [1.54, 1.807) is 13.2 Å². The highest BCUT2D eigenvalue weighted by Crippen LogP contribution is 2.29. The van der Waals surface area contributed by atoms with Crippen LogP contribution in [-0.2, 0) is 0 Å². The number of aromatic nitrogens is 3. The number of rotatable bonds is 8. The molecule has 4 rings (SSSR count). The predicted molar refractivity (Wildman–Crippen MR) is 135 cm³/mol. The third kappa shape index (κ3) is 7.08. The van der Waals surface area contributed by atoms with E-state index in [9.17, 15) is 0 Å². The molecule has 9 heteroatoms. The molecule has 2 aliphatic rings. The smallest absolute Gasteiger partial charge is 0.233 e. The molecule has 1 aromatic carbocycles. The van der Waals surface area contributed by atoms with Gasteiger partial charge < -0.3 is 26.4 Å². The summed E-state index contributed by atoms with van der Waals surface area (Å²) in [5.74, 6) is 2.94. The van der Waals surface area contributed by atoms with Gasteiger partial charge in [0, 0.05) is 24.3 Å². The molecule has 5 N–H and O–H groups in total. The lowest BCUT2D eigenvalue weighted by Gasteiger charge is -2.27. The second kappa shape index (κ2) is 11.7. The SMILES string of the molecule is COc1ccc(Nc2nc(NCC3CCCCCC3)nc(NC3CCC(N)CC3)n2)cc1Cl. The molecule has 0 saturated heterocycles. The normalized spacial score (nSPS) is 21.8. The average Bonchev–Trinajstić information content (AvgIpc) is 3.08. The Bertz CT molecular complexity index is 896. The van der Waals surface area contributed by atoms with E-state index in [1.807, 2.05) is 12.1 Å². The molecule has 0 spiro atoms. The Balaban J connectivity index is 1.49. The van der Waals surface area contributed by atoms with Gasteiger partial charge in [0.2, 0.25) is 17.8 Å². The molecule has 0 atom stereocenters. The van der Waals surface area contributed by atoms with Gasteiger partial charge in [-0.3, -0.25) is 0 Å². The molecule has 1 aromatic heterocycles. The van der Waals surface area contributed by atoms with E-state index in [2.05, 4.69) is 30.9 Å². The van der Waals surface area contributed by atoms with Crippen LogP contribution in [0.5, 0.6) is 5.75 Å². The van der Waals surface area contributed by atoms with Crippen LogP contribution in [0.25, 0.3) is 0 Å². The first-order valence-corrected chi connectivity index (χ1v) is 12.6. The van der Waals surface area contributed by atoms with Gasteiger partial charge in [0.05, 0.1) is 12.1 Å². The second-order valence-corrected chi connectivity index (χ2v) is 9.68. The van der Waals surface area contributed by atoms with Crippen molar-refractivity contribution >= 4 is 35.1 Å². The van der Waals surface area contributed by atoms with Crippen LogP contribution < -0.4 is 26.4 Å². The fourth-order valence-electron chi connectivity index (χ4n) is 4.70. The molecule has 2 saturated carbocycles. The fraction of sp³-hybridized carbons (Fsp3) is 0.625. The monoisotopic (exact) mass is 473 g/mol. The first-order chi connectivity index (χ1) is 16.1. The van der Waals surface area contributed by atoms with Crippen molar-refractivity contribution in [2.45, 2.75) is 76.3 Å². The number of anilines is 4. The summed E-state index contributed by atoms with van der Waals surface area (Å²) in [4.78, 5) is 13.9. The van der Waals surface area contributed by atoms with Crippen LogP contribution in [0, 0.1) is 5.92 Å². The van der Waals surface area contributed by atoms with Gasteiger partial charge in [-0.15, -0.1) is 0 Å². The minimum absolute atomic E-state index is 0.301. The van der Waals surface area contributed by atoms with Crippen LogP contribution >= 0.6 is 11.6 Å². The van der Waals surface area contributed by atoms with Gasteiger partial charge in [-0.05, 0) is 62.6 Å². The predicted octanol–water partition coefficient (Wildman–Crippen LogP) is 5.34. The Kier molecular flexibility index (Phi) is 8.45. The van der Waals surface area contributed by atoms with Crippen molar-refractivity contribution < 1.29 is 4.74 Å². The van der Waals surface area contributed by atoms with E-state index in [0.717, 1.165) is 37.9 Å². The fourth-order valence-corrected chi connectivity index (χ4v) is 4.96. The van der Waals surface area contributed by atoms with Gasteiger partial charge in [0.1, 0.15) is 5.75 Å². The van der Waals surface area contributed by atoms with Crippen LogP contribution in [0.4, 0.5) is 23.5 Å². The summed E-state index contributed by atoms with van der Waals surface area (Å²) in [6.07, 6.45) is 11.9. The highest BCUT2D eigenvalue weighted by Gasteiger charge is 2.20. The van der Waals surface area contributed by atoms with E-state index >= 15 is 0 Å². The largest absolute Gasteiger partial charge is 0.495 e. The van der Waals surface area contributed by atoms with E-state index in [-0.39, 0.29) is 0 Å². The topological polar surface area (TPSA) is 110 Å². The Labute approximate surface area is 201 Å². The Morgan fingerprint density at radius 1 is 0.939 bits per heavy atom. The van der Waals surface area contributed by atoms with Gasteiger partial charge in [-0.1, -0.05) is 37.3 Å². The number of nitrogens with one attached hydrogen (secondary N) is 3. The first-order valence-electron chi connectivity index (χ1n) is 12.2. The van der Waals surface area contributed by atoms with Crippen molar-refractivity contribution in [3.63, 3.8) is 0 Å². The summed E-state index contributed by atoms with van der Waals surface area (Å²) in [6.45, 7) is 0.884. The van der Waals surface area contributed by atoms with E-state index in [0.29, 0.717) is 46.6 Å². The summed E-state index contributed by atoms with van der Waals surface area (Å²) in [5, 5.41) is 10.8. The quantitative estimate of drug-likeness (QED) is 0.380. The molecule has 0 unspecified atom stereocenters. The summed E-state index contributed by atoms with van der Waals surface area (Å²) < 4.78 is 5.25. The summed E-state index contributed by atoms with van der Waals surface area (Å²) >= 11 is 6.29. The zero-order valence-corrected chi connectivity index (χ0v) is 20.2. The number of halogens is 1. The van der Waals surface area contributed by atoms with Gasteiger partial charge in [0.25, 0.3) is 0 Å². The van der Waals surface area contributed by atoms with Gasteiger partial charge in [-0.2, -0.15) is 15.0 Å². The molecule has 0 aliphatic heterocycles. The minimum atomic E-state index is 0.301. The molecular formula is C24H36ClN7O. The molecule has 2 aromatic rings. The van der Waals surface area contributed by atoms with Crippen LogP contribution in [0.15, 0.2) is 18.2 Å². The maximum absolute atomic E-state index is 6.29. The van der Waals surface area contributed by atoms with Crippen molar-refractivity contribution in [3.8, 4) is 5.75 Å². The molecule has 0 radical (unpaired) electrons. The zero-order valence-electron chi connectivity index (χ0n) is 19.4. The summed E-state index contributed by atoms with van der Waals surface area (Å²) in [5.41, 5.74) is 6.86. The van der Waals surface area contributed by atoms with Crippen molar-refractivity contribution in [1.29, 1.82) is 0 Å². The van der Waals surface area contributed by atoms with E-state index in [1.165, 1.54) is 38.5 Å². The first kappa shape index (κ1) is 23.8. The number of methoxy groups -OCH3 is 1. The third-order valence-electron chi connectivity index (χ3n) is 6.67. The number of benzene rings is 1. The summed E-state index contributed by atoms with van der Waals surface area (Å²) in [7, 11) is 1.60. The molecular weight excluding hydrogens is 438 g/mol. The molecule has 1 heterocycles. The average molecular weight is 474 g/mol. The maximum Gasteiger partial charge on any atom is 0.233 e. The standard InChI is InChI=1S/C24H36ClN7O/c1-33-21-13-12-19(14-20(21)25)29-24-31-22(27-15-16-6-4-2-3-5-7-16)30-23(32-24)28-18-10-8-17(26)9-11-18/h12-14,16-18H,2-11,15,26H2,1H3,(H3,27,28,29,30,31,32). The lowest BCUT2D eigenvalue weighted by Crippen LogP contribution is -2.33. The van der Waals surface area contributed by atoms with Gasteiger partial charge in [-0.25, -0.2) is 0 Å². The van der Waals surface area contributed by atoms with Crippen molar-refractivity contribution in [2.24, 2.45) is 11.7 Å². The minimum Gasteiger partial charge on any atom is -0.495 e. The Morgan fingerprint density at radius 2 is 1.64 bits per heavy atom. The number of hydrogen-bond donors (Lipinski definition) is 4. The number of nitrogens with zero attached hydrogens (tertiary/aromatic N) is 3. The third-order valence-corrected chi connectivity index (χ3v) is 6.97. The highest BCUT2D eigenvalue weighted by molar-refractivity contribution is 6.32. The maximum atomic E-state index is 6.29. The van der Waals surface area contributed by atoms with E-state index in [4.69, 9.17) is 22.1 Å². The van der Waals surface area contributed by atoms with Gasteiger partial charge in [0.15, 0.2) is 0 Å². The lowest BCUT2D eigenvalue weighted by atomic mass is 9.92. The molecule has 8 nitrogen and oxygen atoms in total. The van der Waals surface area contributed by atoms with Crippen LogP contribution in [0.1, 0.15) is 64.2 Å². The second-order valence-electron chi connectivity index (χ2n) is 9.28.